The summed E-state index contributed by atoms with van der Waals surface area (Å²) in [6.07, 6.45) is 1.69. The zero-order chi connectivity index (χ0) is 17.6. The SMILES string of the molecule is COc1cc2ccn(-c3noc4ccc(C)cc34)c(=O)c2cc1OC. The van der Waals surface area contributed by atoms with E-state index >= 15 is 0 Å². The van der Waals surface area contributed by atoms with E-state index in [9.17, 15) is 4.79 Å². The quantitative estimate of drug-likeness (QED) is 0.573. The maximum atomic E-state index is 13.0. The Morgan fingerprint density at radius 2 is 1.76 bits per heavy atom. The summed E-state index contributed by atoms with van der Waals surface area (Å²) >= 11 is 0. The number of nitrogens with zero attached hydrogens (tertiary/aromatic N) is 2. The molecular weight excluding hydrogens is 320 g/mol. The fraction of sp³-hybridized carbons (Fsp3) is 0.158. The highest BCUT2D eigenvalue weighted by Crippen LogP contribution is 2.31. The summed E-state index contributed by atoms with van der Waals surface area (Å²) in [5.74, 6) is 1.56. The maximum absolute atomic E-state index is 13.0. The van der Waals surface area contributed by atoms with Crippen molar-refractivity contribution in [1.82, 2.24) is 9.72 Å². The van der Waals surface area contributed by atoms with E-state index in [0.717, 1.165) is 16.3 Å². The van der Waals surface area contributed by atoms with Crippen molar-refractivity contribution in [3.63, 3.8) is 0 Å². The average molecular weight is 336 g/mol. The van der Waals surface area contributed by atoms with Gasteiger partial charge in [-0.05, 0) is 42.6 Å². The van der Waals surface area contributed by atoms with Gasteiger partial charge in [0.05, 0.1) is 25.0 Å². The predicted molar refractivity (Wildman–Crippen MR) is 95.0 cm³/mol. The lowest BCUT2D eigenvalue weighted by Crippen LogP contribution is -2.18. The Hall–Kier alpha value is -3.28. The maximum Gasteiger partial charge on any atom is 0.264 e. The summed E-state index contributed by atoms with van der Waals surface area (Å²) in [6, 6.07) is 11.0. The smallest absolute Gasteiger partial charge is 0.264 e. The molecule has 25 heavy (non-hydrogen) atoms. The molecule has 0 amide bonds. The standard InChI is InChI=1S/C19H16N2O4/c1-11-4-5-15-14(8-11)18(20-25-15)21-7-6-12-9-16(23-2)17(24-3)10-13(12)19(21)22/h4-10H,1-3H3. The minimum absolute atomic E-state index is 0.199. The van der Waals surface area contributed by atoms with Crippen LogP contribution in [0.4, 0.5) is 0 Å². The van der Waals surface area contributed by atoms with Gasteiger partial charge in [0.25, 0.3) is 5.56 Å². The van der Waals surface area contributed by atoms with Gasteiger partial charge in [0, 0.05) is 6.20 Å². The molecule has 0 fully saturated rings. The van der Waals surface area contributed by atoms with Crippen LogP contribution < -0.4 is 15.0 Å². The molecule has 2 aromatic carbocycles. The van der Waals surface area contributed by atoms with Crippen molar-refractivity contribution in [3.8, 4) is 17.3 Å². The van der Waals surface area contributed by atoms with Crippen LogP contribution in [0.25, 0.3) is 27.6 Å². The van der Waals surface area contributed by atoms with Crippen molar-refractivity contribution in [1.29, 1.82) is 0 Å². The van der Waals surface area contributed by atoms with Gasteiger partial charge >= 0.3 is 0 Å². The Morgan fingerprint density at radius 3 is 2.52 bits per heavy atom. The molecule has 0 radical (unpaired) electrons. The third-order valence-corrected chi connectivity index (χ3v) is 4.24. The Labute approximate surface area is 143 Å². The van der Waals surface area contributed by atoms with Gasteiger partial charge in [-0.2, -0.15) is 0 Å². The fourth-order valence-corrected chi connectivity index (χ4v) is 2.95. The van der Waals surface area contributed by atoms with Crippen LogP contribution in [0.1, 0.15) is 5.56 Å². The van der Waals surface area contributed by atoms with E-state index in [2.05, 4.69) is 5.16 Å². The van der Waals surface area contributed by atoms with Crippen LogP contribution in [0.15, 0.2) is 51.9 Å². The first kappa shape index (κ1) is 15.3. The van der Waals surface area contributed by atoms with E-state index in [4.69, 9.17) is 14.0 Å². The summed E-state index contributed by atoms with van der Waals surface area (Å²) in [5.41, 5.74) is 1.51. The Morgan fingerprint density at radius 1 is 1.00 bits per heavy atom. The summed E-state index contributed by atoms with van der Waals surface area (Å²) in [7, 11) is 3.11. The van der Waals surface area contributed by atoms with Gasteiger partial charge < -0.3 is 14.0 Å². The Balaban J connectivity index is 2.00. The third-order valence-electron chi connectivity index (χ3n) is 4.24. The number of hydrogen-bond acceptors (Lipinski definition) is 5. The Bertz CT molecular complexity index is 1160. The molecule has 0 saturated carbocycles. The monoisotopic (exact) mass is 336 g/mol. The highest BCUT2D eigenvalue weighted by Gasteiger charge is 2.15. The van der Waals surface area contributed by atoms with Gasteiger partial charge in [-0.1, -0.05) is 16.8 Å². The molecule has 0 saturated heterocycles. The molecule has 0 N–H and O–H groups in total. The van der Waals surface area contributed by atoms with Crippen LogP contribution in [-0.2, 0) is 0 Å². The van der Waals surface area contributed by atoms with Crippen LogP contribution in [0.2, 0.25) is 0 Å². The summed E-state index contributed by atoms with van der Waals surface area (Å²) < 4.78 is 17.4. The van der Waals surface area contributed by atoms with Crippen LogP contribution in [0.3, 0.4) is 0 Å². The number of fused-ring (bicyclic) bond motifs is 2. The van der Waals surface area contributed by atoms with Gasteiger partial charge in [-0.15, -0.1) is 0 Å². The lowest BCUT2D eigenvalue weighted by molar-refractivity contribution is 0.356. The molecule has 0 aliphatic heterocycles. The molecule has 2 aromatic heterocycles. The minimum atomic E-state index is -0.199. The fourth-order valence-electron chi connectivity index (χ4n) is 2.95. The van der Waals surface area contributed by atoms with Gasteiger partial charge in [-0.25, -0.2) is 0 Å². The molecular formula is C19H16N2O4. The number of hydrogen-bond donors (Lipinski definition) is 0. The average Bonchev–Trinajstić information content (AvgIpc) is 3.04. The van der Waals surface area contributed by atoms with Gasteiger partial charge in [0.1, 0.15) is 0 Å². The van der Waals surface area contributed by atoms with Gasteiger partial charge in [0.2, 0.25) is 0 Å². The van der Waals surface area contributed by atoms with E-state index < -0.39 is 0 Å². The minimum Gasteiger partial charge on any atom is -0.493 e. The van der Waals surface area contributed by atoms with Crippen molar-refractivity contribution in [2.75, 3.05) is 14.2 Å². The molecule has 4 rings (SSSR count). The molecule has 6 heteroatoms. The molecule has 2 heterocycles. The van der Waals surface area contributed by atoms with Crippen molar-refractivity contribution in [2.45, 2.75) is 6.92 Å². The van der Waals surface area contributed by atoms with Gasteiger partial charge in [0.15, 0.2) is 22.9 Å². The van der Waals surface area contributed by atoms with Crippen LogP contribution in [0.5, 0.6) is 11.5 Å². The van der Waals surface area contributed by atoms with E-state index in [1.54, 1.807) is 32.5 Å². The second kappa shape index (κ2) is 5.66. The normalized spacial score (nSPS) is 11.2. The first-order chi connectivity index (χ1) is 12.1. The number of ether oxygens (including phenoxy) is 2. The predicted octanol–water partition coefficient (Wildman–Crippen LogP) is 3.46. The number of aromatic nitrogens is 2. The third kappa shape index (κ3) is 2.34. The van der Waals surface area contributed by atoms with E-state index in [1.165, 1.54) is 4.57 Å². The highest BCUT2D eigenvalue weighted by molar-refractivity contribution is 5.88. The molecule has 0 bridgehead atoms. The molecule has 0 aliphatic rings. The molecule has 6 nitrogen and oxygen atoms in total. The molecule has 126 valence electrons. The zero-order valence-electron chi connectivity index (χ0n) is 14.1. The van der Waals surface area contributed by atoms with Crippen LogP contribution in [-0.4, -0.2) is 23.9 Å². The molecule has 0 aliphatic carbocycles. The van der Waals surface area contributed by atoms with E-state index in [-0.39, 0.29) is 5.56 Å². The number of rotatable bonds is 3. The molecule has 0 unspecified atom stereocenters. The zero-order valence-corrected chi connectivity index (χ0v) is 14.1. The van der Waals surface area contributed by atoms with Crippen LogP contribution >= 0.6 is 0 Å². The largest absolute Gasteiger partial charge is 0.493 e. The van der Waals surface area contributed by atoms with Crippen molar-refractivity contribution < 1.29 is 14.0 Å². The summed E-state index contributed by atoms with van der Waals surface area (Å²) in [6.45, 7) is 1.98. The van der Waals surface area contributed by atoms with Crippen molar-refractivity contribution >= 4 is 21.7 Å². The second-order valence-electron chi connectivity index (χ2n) is 5.79. The number of benzene rings is 2. The second-order valence-corrected chi connectivity index (χ2v) is 5.79. The van der Waals surface area contributed by atoms with Crippen molar-refractivity contribution in [3.05, 3.63) is 58.5 Å². The number of pyridine rings is 1. The van der Waals surface area contributed by atoms with Crippen molar-refractivity contribution in [2.24, 2.45) is 0 Å². The molecule has 4 aromatic rings. The lowest BCUT2D eigenvalue weighted by atomic mass is 10.1. The number of aryl methyl sites for hydroxylation is 1. The summed E-state index contributed by atoms with van der Waals surface area (Å²) in [4.78, 5) is 13.0. The summed E-state index contributed by atoms with van der Waals surface area (Å²) in [5, 5.41) is 6.16. The van der Waals surface area contributed by atoms with Gasteiger partial charge in [-0.3, -0.25) is 9.36 Å². The topological polar surface area (TPSA) is 66.5 Å². The first-order valence-electron chi connectivity index (χ1n) is 7.76. The number of methoxy groups -OCH3 is 2. The van der Waals surface area contributed by atoms with E-state index in [1.807, 2.05) is 31.2 Å². The first-order valence-corrected chi connectivity index (χ1v) is 7.76. The van der Waals surface area contributed by atoms with E-state index in [0.29, 0.717) is 28.3 Å². The molecule has 0 atom stereocenters. The highest BCUT2D eigenvalue weighted by atomic mass is 16.5. The van der Waals surface area contributed by atoms with Crippen LogP contribution in [0, 0.1) is 6.92 Å². The molecule has 0 spiro atoms. The lowest BCUT2D eigenvalue weighted by Gasteiger charge is -2.10. The Kier molecular flexibility index (Phi) is 3.46.